The molecule has 0 saturated carbocycles. The number of esters is 1. The minimum absolute atomic E-state index is 0.0445. The van der Waals surface area contributed by atoms with Gasteiger partial charge in [-0.15, -0.1) is 0 Å². The fourth-order valence-electron chi connectivity index (χ4n) is 3.64. The SMILES string of the molecule is COc1ccccc1C(C)NC(=O)COC(=O)c1cccc(S(=O)(=O)N2CCCCC2)c1. The Balaban J connectivity index is 1.60. The van der Waals surface area contributed by atoms with Crippen LogP contribution >= 0.6 is 0 Å². The molecule has 1 atom stereocenters. The maximum absolute atomic E-state index is 12.8. The number of carbonyl (C=O) groups is 2. The van der Waals surface area contributed by atoms with Gasteiger partial charge in [0.25, 0.3) is 5.91 Å². The van der Waals surface area contributed by atoms with Gasteiger partial charge in [0, 0.05) is 18.7 Å². The Kier molecular flexibility index (Phi) is 7.87. The number of amides is 1. The maximum Gasteiger partial charge on any atom is 0.338 e. The summed E-state index contributed by atoms with van der Waals surface area (Å²) in [4.78, 5) is 24.7. The molecule has 9 heteroatoms. The van der Waals surface area contributed by atoms with E-state index in [-0.39, 0.29) is 16.5 Å². The van der Waals surface area contributed by atoms with Crippen LogP contribution in [-0.4, -0.2) is 51.4 Å². The van der Waals surface area contributed by atoms with Crippen molar-refractivity contribution >= 4 is 21.9 Å². The smallest absolute Gasteiger partial charge is 0.338 e. The van der Waals surface area contributed by atoms with Crippen molar-refractivity contribution in [2.75, 3.05) is 26.8 Å². The second kappa shape index (κ2) is 10.6. The molecule has 0 spiro atoms. The second-order valence-corrected chi connectivity index (χ2v) is 9.54. The van der Waals surface area contributed by atoms with Gasteiger partial charge in [0.1, 0.15) is 5.75 Å². The van der Waals surface area contributed by atoms with E-state index < -0.39 is 28.5 Å². The highest BCUT2D eigenvalue weighted by Crippen LogP contribution is 2.24. The van der Waals surface area contributed by atoms with Gasteiger partial charge < -0.3 is 14.8 Å². The first kappa shape index (κ1) is 23.7. The van der Waals surface area contributed by atoms with E-state index in [1.807, 2.05) is 18.2 Å². The molecule has 2 aromatic rings. The summed E-state index contributed by atoms with van der Waals surface area (Å²) in [6.07, 6.45) is 2.66. The minimum atomic E-state index is -3.67. The van der Waals surface area contributed by atoms with Crippen molar-refractivity contribution < 1.29 is 27.5 Å². The number of nitrogens with zero attached hydrogens (tertiary/aromatic N) is 1. The zero-order valence-electron chi connectivity index (χ0n) is 18.2. The van der Waals surface area contributed by atoms with E-state index in [4.69, 9.17) is 9.47 Å². The summed E-state index contributed by atoms with van der Waals surface area (Å²) in [5, 5.41) is 2.76. The van der Waals surface area contributed by atoms with Crippen LogP contribution in [0.2, 0.25) is 0 Å². The number of nitrogens with one attached hydrogen (secondary N) is 1. The lowest BCUT2D eigenvalue weighted by Crippen LogP contribution is -2.35. The average Bonchev–Trinajstić information content (AvgIpc) is 2.83. The molecule has 1 N–H and O–H groups in total. The maximum atomic E-state index is 12.8. The Morgan fingerprint density at radius 3 is 2.50 bits per heavy atom. The van der Waals surface area contributed by atoms with E-state index in [9.17, 15) is 18.0 Å². The third kappa shape index (κ3) is 5.66. The van der Waals surface area contributed by atoms with Crippen molar-refractivity contribution in [2.24, 2.45) is 0 Å². The lowest BCUT2D eigenvalue weighted by molar-refractivity contribution is -0.124. The van der Waals surface area contributed by atoms with Crippen LogP contribution in [0.5, 0.6) is 5.75 Å². The molecule has 0 bridgehead atoms. The number of methoxy groups -OCH3 is 1. The van der Waals surface area contributed by atoms with Gasteiger partial charge in [0.2, 0.25) is 10.0 Å². The second-order valence-electron chi connectivity index (χ2n) is 7.60. The van der Waals surface area contributed by atoms with Crippen LogP contribution in [0.4, 0.5) is 0 Å². The molecule has 1 saturated heterocycles. The Morgan fingerprint density at radius 2 is 1.78 bits per heavy atom. The number of piperidine rings is 1. The van der Waals surface area contributed by atoms with Crippen molar-refractivity contribution in [2.45, 2.75) is 37.1 Å². The summed E-state index contributed by atoms with van der Waals surface area (Å²) in [6, 6.07) is 12.7. The third-order valence-electron chi connectivity index (χ3n) is 5.34. The quantitative estimate of drug-likeness (QED) is 0.608. The molecule has 1 amide bonds. The molecule has 32 heavy (non-hydrogen) atoms. The molecule has 1 aliphatic rings. The van der Waals surface area contributed by atoms with Gasteiger partial charge in [-0.2, -0.15) is 4.31 Å². The summed E-state index contributed by atoms with van der Waals surface area (Å²) in [7, 11) is -2.12. The van der Waals surface area contributed by atoms with Crippen molar-refractivity contribution in [1.29, 1.82) is 0 Å². The monoisotopic (exact) mass is 460 g/mol. The largest absolute Gasteiger partial charge is 0.496 e. The van der Waals surface area contributed by atoms with E-state index in [2.05, 4.69) is 5.32 Å². The number of ether oxygens (including phenoxy) is 2. The van der Waals surface area contributed by atoms with E-state index in [1.54, 1.807) is 20.1 Å². The summed E-state index contributed by atoms with van der Waals surface area (Å²) >= 11 is 0. The lowest BCUT2D eigenvalue weighted by atomic mass is 10.1. The molecular formula is C23H28N2O6S. The molecule has 0 radical (unpaired) electrons. The van der Waals surface area contributed by atoms with Crippen LogP contribution in [0.15, 0.2) is 53.4 Å². The Morgan fingerprint density at radius 1 is 1.06 bits per heavy atom. The molecule has 1 unspecified atom stereocenters. The molecule has 1 fully saturated rings. The van der Waals surface area contributed by atoms with E-state index in [1.165, 1.54) is 28.6 Å². The summed E-state index contributed by atoms with van der Waals surface area (Å²) < 4.78 is 37.5. The molecule has 1 aliphatic heterocycles. The topological polar surface area (TPSA) is 102 Å². The predicted octanol–water partition coefficient (Wildman–Crippen LogP) is 2.90. The van der Waals surface area contributed by atoms with Gasteiger partial charge >= 0.3 is 5.97 Å². The van der Waals surface area contributed by atoms with Crippen molar-refractivity contribution in [3.05, 3.63) is 59.7 Å². The summed E-state index contributed by atoms with van der Waals surface area (Å²) in [5.74, 6) is -0.598. The number of para-hydroxylation sites is 1. The zero-order chi connectivity index (χ0) is 23.1. The minimum Gasteiger partial charge on any atom is -0.496 e. The molecule has 0 aliphatic carbocycles. The van der Waals surface area contributed by atoms with E-state index in [0.29, 0.717) is 18.8 Å². The Labute approximate surface area is 188 Å². The van der Waals surface area contributed by atoms with Crippen LogP contribution in [-0.2, 0) is 19.6 Å². The zero-order valence-corrected chi connectivity index (χ0v) is 19.1. The highest BCUT2D eigenvalue weighted by molar-refractivity contribution is 7.89. The van der Waals surface area contributed by atoms with Crippen LogP contribution in [0.1, 0.15) is 48.1 Å². The van der Waals surface area contributed by atoms with Gasteiger partial charge in [-0.25, -0.2) is 13.2 Å². The van der Waals surface area contributed by atoms with Crippen molar-refractivity contribution in [3.8, 4) is 5.75 Å². The van der Waals surface area contributed by atoms with Crippen LogP contribution in [0.3, 0.4) is 0 Å². The average molecular weight is 461 g/mol. The third-order valence-corrected chi connectivity index (χ3v) is 7.23. The van der Waals surface area contributed by atoms with Gasteiger partial charge in [0.05, 0.1) is 23.6 Å². The first-order valence-electron chi connectivity index (χ1n) is 10.5. The molecular weight excluding hydrogens is 432 g/mol. The van der Waals surface area contributed by atoms with Gasteiger partial charge in [-0.3, -0.25) is 4.79 Å². The van der Waals surface area contributed by atoms with Gasteiger partial charge in [0.15, 0.2) is 6.61 Å². The molecule has 2 aromatic carbocycles. The van der Waals surface area contributed by atoms with Crippen LogP contribution in [0.25, 0.3) is 0 Å². The first-order chi connectivity index (χ1) is 15.3. The lowest BCUT2D eigenvalue weighted by Gasteiger charge is -2.25. The molecule has 0 aromatic heterocycles. The summed E-state index contributed by atoms with van der Waals surface area (Å²) in [6.45, 7) is 2.26. The number of rotatable bonds is 8. The summed E-state index contributed by atoms with van der Waals surface area (Å²) in [5.41, 5.74) is 0.874. The fourth-order valence-corrected chi connectivity index (χ4v) is 5.20. The Hall–Kier alpha value is -2.91. The van der Waals surface area contributed by atoms with Gasteiger partial charge in [-0.1, -0.05) is 30.7 Å². The number of hydrogen-bond donors (Lipinski definition) is 1. The molecule has 8 nitrogen and oxygen atoms in total. The first-order valence-corrected chi connectivity index (χ1v) is 12.0. The Bertz CT molecular complexity index is 1060. The van der Waals surface area contributed by atoms with Crippen molar-refractivity contribution in [3.63, 3.8) is 0 Å². The number of carbonyl (C=O) groups excluding carboxylic acids is 2. The normalized spacial score (nSPS) is 15.6. The van der Waals surface area contributed by atoms with Gasteiger partial charge in [-0.05, 0) is 44.0 Å². The fraction of sp³-hybridized carbons (Fsp3) is 0.391. The highest BCUT2D eigenvalue weighted by atomic mass is 32.2. The highest BCUT2D eigenvalue weighted by Gasteiger charge is 2.26. The number of sulfonamides is 1. The number of hydrogen-bond acceptors (Lipinski definition) is 6. The molecule has 1 heterocycles. The predicted molar refractivity (Wildman–Crippen MR) is 119 cm³/mol. The van der Waals surface area contributed by atoms with E-state index >= 15 is 0 Å². The van der Waals surface area contributed by atoms with Crippen molar-refractivity contribution in [1.82, 2.24) is 9.62 Å². The molecule has 3 rings (SSSR count). The van der Waals surface area contributed by atoms with Crippen LogP contribution < -0.4 is 10.1 Å². The molecule has 172 valence electrons. The van der Waals surface area contributed by atoms with E-state index in [0.717, 1.165) is 24.8 Å². The standard InChI is InChI=1S/C23H28N2O6S/c1-17(20-11-4-5-12-21(20)30-2)24-22(26)16-31-23(27)18-9-8-10-19(15-18)32(28,29)25-13-6-3-7-14-25/h4-5,8-12,15,17H,3,6-7,13-14,16H2,1-2H3,(H,24,26). The van der Waals surface area contributed by atoms with Crippen LogP contribution in [0, 0.1) is 0 Å². The number of benzene rings is 2.